The minimum atomic E-state index is -0.220. The molecule has 1 aromatic carbocycles. The normalized spacial score (nSPS) is 16.5. The fraction of sp³-hybridized carbons (Fsp3) is 0.500. The Morgan fingerprint density at radius 3 is 2.88 bits per heavy atom. The molecule has 1 aliphatic rings. The van der Waals surface area contributed by atoms with E-state index in [2.05, 4.69) is 11.4 Å². The molecular formula is C14H18N2O. The summed E-state index contributed by atoms with van der Waals surface area (Å²) in [6.45, 7) is 1.50. The van der Waals surface area contributed by atoms with E-state index in [1.54, 1.807) is 7.11 Å². The van der Waals surface area contributed by atoms with Crippen molar-refractivity contribution in [1.29, 1.82) is 5.26 Å². The van der Waals surface area contributed by atoms with E-state index < -0.39 is 0 Å². The van der Waals surface area contributed by atoms with Gasteiger partial charge in [0.2, 0.25) is 0 Å². The molecule has 0 aromatic heterocycles. The van der Waals surface area contributed by atoms with E-state index in [9.17, 15) is 5.26 Å². The van der Waals surface area contributed by atoms with Gasteiger partial charge >= 0.3 is 0 Å². The molecule has 0 radical (unpaired) electrons. The second kappa shape index (κ2) is 5.81. The third-order valence-electron chi connectivity index (χ3n) is 3.10. The minimum absolute atomic E-state index is 0.220. The Balaban J connectivity index is 2.08. The molecule has 0 spiro atoms. The summed E-state index contributed by atoms with van der Waals surface area (Å²) in [5, 5.41) is 12.6. The molecular weight excluding hydrogens is 212 g/mol. The van der Waals surface area contributed by atoms with E-state index in [0.29, 0.717) is 6.61 Å². The molecule has 1 aliphatic carbocycles. The standard InChI is InChI=1S/C14H18N2O/c1-17-10-12-4-2-3-5-13(12)14(8-15)16-9-11-6-7-11/h2-5,11,14,16H,6-7,9-10H2,1H3. The third-order valence-corrected chi connectivity index (χ3v) is 3.10. The number of ether oxygens (including phenoxy) is 1. The summed E-state index contributed by atoms with van der Waals surface area (Å²) in [5.74, 6) is 0.778. The van der Waals surface area contributed by atoms with Gasteiger partial charge in [-0.1, -0.05) is 24.3 Å². The van der Waals surface area contributed by atoms with Crippen molar-refractivity contribution >= 4 is 0 Å². The summed E-state index contributed by atoms with van der Waals surface area (Å²) in [6, 6.07) is 10.1. The summed E-state index contributed by atoms with van der Waals surface area (Å²) < 4.78 is 5.16. The molecule has 1 aromatic rings. The first-order valence-corrected chi connectivity index (χ1v) is 6.05. The maximum Gasteiger partial charge on any atom is 0.121 e. The van der Waals surface area contributed by atoms with Gasteiger partial charge in [0.25, 0.3) is 0 Å². The van der Waals surface area contributed by atoms with E-state index in [1.807, 2.05) is 24.3 Å². The highest BCUT2D eigenvalue weighted by atomic mass is 16.5. The lowest BCUT2D eigenvalue weighted by Gasteiger charge is -2.15. The van der Waals surface area contributed by atoms with Gasteiger partial charge in [-0.25, -0.2) is 0 Å². The van der Waals surface area contributed by atoms with Gasteiger partial charge in [0.15, 0.2) is 0 Å². The Morgan fingerprint density at radius 1 is 1.47 bits per heavy atom. The Hall–Kier alpha value is -1.37. The van der Waals surface area contributed by atoms with Gasteiger partial charge in [-0.05, 0) is 36.4 Å². The van der Waals surface area contributed by atoms with Crippen molar-refractivity contribution in [3.8, 4) is 6.07 Å². The number of nitriles is 1. The van der Waals surface area contributed by atoms with Crippen LogP contribution in [0.5, 0.6) is 0 Å². The number of rotatable bonds is 6. The predicted molar refractivity (Wildman–Crippen MR) is 66.2 cm³/mol. The number of hydrogen-bond acceptors (Lipinski definition) is 3. The SMILES string of the molecule is COCc1ccccc1C(C#N)NCC1CC1. The zero-order chi connectivity index (χ0) is 12.1. The summed E-state index contributed by atoms with van der Waals surface area (Å²) >= 11 is 0. The first kappa shape index (κ1) is 12.1. The number of nitrogens with one attached hydrogen (secondary N) is 1. The van der Waals surface area contributed by atoms with Crippen molar-refractivity contribution < 1.29 is 4.74 Å². The Labute approximate surface area is 102 Å². The number of benzene rings is 1. The summed E-state index contributed by atoms with van der Waals surface area (Å²) in [6.07, 6.45) is 2.59. The van der Waals surface area contributed by atoms with Crippen LogP contribution in [0.15, 0.2) is 24.3 Å². The summed E-state index contributed by atoms with van der Waals surface area (Å²) in [4.78, 5) is 0. The van der Waals surface area contributed by atoms with Crippen molar-refractivity contribution in [2.45, 2.75) is 25.5 Å². The maximum atomic E-state index is 9.25. The average molecular weight is 230 g/mol. The van der Waals surface area contributed by atoms with Crippen molar-refractivity contribution in [2.75, 3.05) is 13.7 Å². The molecule has 0 amide bonds. The lowest BCUT2D eigenvalue weighted by Crippen LogP contribution is -2.23. The lowest BCUT2D eigenvalue weighted by atomic mass is 10.0. The molecule has 1 saturated carbocycles. The fourth-order valence-corrected chi connectivity index (χ4v) is 1.93. The Morgan fingerprint density at radius 2 is 2.24 bits per heavy atom. The number of nitrogens with zero attached hydrogens (tertiary/aromatic N) is 1. The highest BCUT2D eigenvalue weighted by molar-refractivity contribution is 5.32. The van der Waals surface area contributed by atoms with E-state index in [4.69, 9.17) is 4.74 Å². The van der Waals surface area contributed by atoms with Crippen LogP contribution in [-0.4, -0.2) is 13.7 Å². The van der Waals surface area contributed by atoms with Crippen molar-refractivity contribution in [1.82, 2.24) is 5.32 Å². The zero-order valence-corrected chi connectivity index (χ0v) is 10.1. The molecule has 1 fully saturated rings. The van der Waals surface area contributed by atoms with Crippen LogP contribution >= 0.6 is 0 Å². The number of hydrogen-bond donors (Lipinski definition) is 1. The van der Waals surface area contributed by atoms with Crippen molar-refractivity contribution in [3.05, 3.63) is 35.4 Å². The molecule has 0 bridgehead atoms. The van der Waals surface area contributed by atoms with Gasteiger partial charge in [-0.3, -0.25) is 5.32 Å². The van der Waals surface area contributed by atoms with Crippen LogP contribution in [0.2, 0.25) is 0 Å². The van der Waals surface area contributed by atoms with Gasteiger partial charge < -0.3 is 4.74 Å². The third kappa shape index (κ3) is 3.29. The summed E-state index contributed by atoms with van der Waals surface area (Å²) in [7, 11) is 1.68. The maximum absolute atomic E-state index is 9.25. The smallest absolute Gasteiger partial charge is 0.121 e. The van der Waals surface area contributed by atoms with E-state index >= 15 is 0 Å². The molecule has 0 saturated heterocycles. The van der Waals surface area contributed by atoms with Gasteiger partial charge in [0, 0.05) is 7.11 Å². The highest BCUT2D eigenvalue weighted by Crippen LogP contribution is 2.29. The molecule has 0 heterocycles. The van der Waals surface area contributed by atoms with Crippen LogP contribution in [0.25, 0.3) is 0 Å². The van der Waals surface area contributed by atoms with Crippen LogP contribution in [0.3, 0.4) is 0 Å². The van der Waals surface area contributed by atoms with Crippen LogP contribution in [0.4, 0.5) is 0 Å². The first-order valence-electron chi connectivity index (χ1n) is 6.05. The van der Waals surface area contributed by atoms with Crippen LogP contribution < -0.4 is 5.32 Å². The fourth-order valence-electron chi connectivity index (χ4n) is 1.93. The topological polar surface area (TPSA) is 45.0 Å². The average Bonchev–Trinajstić information content (AvgIpc) is 3.16. The quantitative estimate of drug-likeness (QED) is 0.816. The molecule has 17 heavy (non-hydrogen) atoms. The van der Waals surface area contributed by atoms with Gasteiger partial charge in [-0.2, -0.15) is 5.26 Å². The molecule has 90 valence electrons. The minimum Gasteiger partial charge on any atom is -0.380 e. The molecule has 0 aliphatic heterocycles. The van der Waals surface area contributed by atoms with Crippen LogP contribution in [-0.2, 0) is 11.3 Å². The molecule has 3 heteroatoms. The molecule has 3 nitrogen and oxygen atoms in total. The van der Waals surface area contributed by atoms with E-state index in [0.717, 1.165) is 23.6 Å². The van der Waals surface area contributed by atoms with Crippen LogP contribution in [0, 0.1) is 17.2 Å². The summed E-state index contributed by atoms with van der Waals surface area (Å²) in [5.41, 5.74) is 2.13. The van der Waals surface area contributed by atoms with Gasteiger partial charge in [0.05, 0.1) is 12.7 Å². The predicted octanol–water partition coefficient (Wildman–Crippen LogP) is 2.40. The number of methoxy groups -OCH3 is 1. The molecule has 2 rings (SSSR count). The monoisotopic (exact) mass is 230 g/mol. The van der Waals surface area contributed by atoms with Crippen molar-refractivity contribution in [3.63, 3.8) is 0 Å². The molecule has 1 unspecified atom stereocenters. The van der Waals surface area contributed by atoms with Crippen molar-refractivity contribution in [2.24, 2.45) is 5.92 Å². The van der Waals surface area contributed by atoms with Gasteiger partial charge in [0.1, 0.15) is 6.04 Å². The van der Waals surface area contributed by atoms with Crippen LogP contribution in [0.1, 0.15) is 30.0 Å². The van der Waals surface area contributed by atoms with E-state index in [-0.39, 0.29) is 6.04 Å². The van der Waals surface area contributed by atoms with Gasteiger partial charge in [-0.15, -0.1) is 0 Å². The lowest BCUT2D eigenvalue weighted by molar-refractivity contribution is 0.184. The Kier molecular flexibility index (Phi) is 4.13. The molecule has 1 atom stereocenters. The zero-order valence-electron chi connectivity index (χ0n) is 10.1. The first-order chi connectivity index (χ1) is 8.35. The second-order valence-corrected chi connectivity index (χ2v) is 4.55. The highest BCUT2D eigenvalue weighted by Gasteiger charge is 2.23. The molecule has 1 N–H and O–H groups in total. The van der Waals surface area contributed by atoms with E-state index in [1.165, 1.54) is 12.8 Å². The second-order valence-electron chi connectivity index (χ2n) is 4.55. The Bertz CT molecular complexity index is 407. The largest absolute Gasteiger partial charge is 0.380 e.